The smallest absolute Gasteiger partial charge is 0.298 e. The Kier molecular flexibility index (Phi) is 3.03. The number of primary amides is 1. The van der Waals surface area contributed by atoms with E-state index in [1.54, 1.807) is 16.9 Å². The lowest BCUT2D eigenvalue weighted by Gasteiger charge is -2.13. The number of rotatable bonds is 3. The van der Waals surface area contributed by atoms with Gasteiger partial charge in [0, 0.05) is 25.4 Å². The number of hydrogen-bond donors (Lipinski definition) is 1. The van der Waals surface area contributed by atoms with Crippen molar-refractivity contribution in [1.29, 1.82) is 0 Å². The fraction of sp³-hybridized carbons (Fsp3) is 0.267. The van der Waals surface area contributed by atoms with Crippen molar-refractivity contribution in [3.8, 4) is 0 Å². The van der Waals surface area contributed by atoms with Crippen molar-refractivity contribution >= 4 is 23.0 Å². The van der Waals surface area contributed by atoms with Crippen LogP contribution in [0.4, 0.5) is 10.4 Å². The quantitative estimate of drug-likeness (QED) is 0.794. The number of halogens is 1. The Morgan fingerprint density at radius 2 is 2.30 bits per heavy atom. The number of hydrogen-bond acceptors (Lipinski definition) is 5. The minimum Gasteiger partial charge on any atom is -0.423 e. The highest BCUT2D eigenvalue weighted by molar-refractivity contribution is 5.92. The zero-order valence-corrected chi connectivity index (χ0v) is 12.1. The molecule has 1 fully saturated rings. The summed E-state index contributed by atoms with van der Waals surface area (Å²) in [6, 6.07) is 4.84. The van der Waals surface area contributed by atoms with Gasteiger partial charge in [-0.25, -0.2) is 4.39 Å². The number of aromatic nitrogens is 3. The molecule has 0 radical (unpaired) electrons. The summed E-state index contributed by atoms with van der Waals surface area (Å²) in [5.41, 5.74) is 6.68. The van der Waals surface area contributed by atoms with Crippen molar-refractivity contribution in [3.63, 3.8) is 0 Å². The van der Waals surface area contributed by atoms with Crippen LogP contribution >= 0.6 is 0 Å². The van der Waals surface area contributed by atoms with Crippen molar-refractivity contribution < 1.29 is 13.6 Å². The molecule has 0 aliphatic carbocycles. The summed E-state index contributed by atoms with van der Waals surface area (Å²) in [6.45, 7) is 1.39. The molecule has 0 bridgehead atoms. The lowest BCUT2D eigenvalue weighted by Crippen LogP contribution is -2.21. The normalized spacial score (nSPS) is 18.0. The maximum atomic E-state index is 13.2. The maximum absolute atomic E-state index is 13.2. The molecule has 1 atom stereocenters. The van der Waals surface area contributed by atoms with E-state index in [9.17, 15) is 9.18 Å². The molecule has 7 nitrogen and oxygen atoms in total. The van der Waals surface area contributed by atoms with E-state index in [4.69, 9.17) is 10.2 Å². The number of nitrogens with two attached hydrogens (primary N) is 1. The standard InChI is InChI=1S/C15H14FN5O2/c16-10-1-2-13-12(5-10)19-15(23-13)20-4-3-11(8-20)21-7-9(6-18-21)14(17)22/h1-2,5-7,11H,3-4,8H2,(H2,17,22). The van der Waals surface area contributed by atoms with Crippen LogP contribution < -0.4 is 10.6 Å². The van der Waals surface area contributed by atoms with E-state index in [-0.39, 0.29) is 11.9 Å². The third kappa shape index (κ3) is 2.41. The van der Waals surface area contributed by atoms with Gasteiger partial charge in [-0.05, 0) is 18.6 Å². The molecule has 3 heterocycles. The van der Waals surface area contributed by atoms with Gasteiger partial charge in [-0.1, -0.05) is 0 Å². The number of fused-ring (bicyclic) bond motifs is 1. The zero-order valence-electron chi connectivity index (χ0n) is 12.1. The van der Waals surface area contributed by atoms with Gasteiger partial charge in [0.2, 0.25) is 0 Å². The van der Waals surface area contributed by atoms with Gasteiger partial charge >= 0.3 is 0 Å². The van der Waals surface area contributed by atoms with E-state index in [2.05, 4.69) is 10.1 Å². The lowest BCUT2D eigenvalue weighted by atomic mass is 10.3. The molecule has 4 rings (SSSR count). The van der Waals surface area contributed by atoms with Gasteiger partial charge in [0.15, 0.2) is 5.58 Å². The Morgan fingerprint density at radius 3 is 3.09 bits per heavy atom. The van der Waals surface area contributed by atoms with Crippen molar-refractivity contribution in [2.75, 3.05) is 18.0 Å². The minimum atomic E-state index is -0.493. The van der Waals surface area contributed by atoms with Crippen LogP contribution in [0.15, 0.2) is 35.0 Å². The number of nitrogens with zero attached hydrogens (tertiary/aromatic N) is 4. The second kappa shape index (κ2) is 5.08. The molecule has 1 saturated heterocycles. The maximum Gasteiger partial charge on any atom is 0.298 e. The number of amides is 1. The first-order chi connectivity index (χ1) is 11.1. The molecule has 0 spiro atoms. The van der Waals surface area contributed by atoms with Crippen LogP contribution in [0.3, 0.4) is 0 Å². The number of anilines is 1. The van der Waals surface area contributed by atoms with E-state index in [1.165, 1.54) is 18.3 Å². The van der Waals surface area contributed by atoms with Crippen molar-refractivity contribution in [2.45, 2.75) is 12.5 Å². The molecule has 1 aliphatic rings. The Morgan fingerprint density at radius 1 is 1.43 bits per heavy atom. The van der Waals surface area contributed by atoms with Crippen molar-refractivity contribution in [1.82, 2.24) is 14.8 Å². The third-order valence-corrected chi connectivity index (χ3v) is 4.03. The van der Waals surface area contributed by atoms with E-state index < -0.39 is 5.91 Å². The summed E-state index contributed by atoms with van der Waals surface area (Å²) < 4.78 is 20.6. The summed E-state index contributed by atoms with van der Waals surface area (Å²) in [7, 11) is 0. The molecule has 1 aliphatic heterocycles. The average molecular weight is 315 g/mol. The fourth-order valence-electron chi connectivity index (χ4n) is 2.82. The lowest BCUT2D eigenvalue weighted by molar-refractivity contribution is 0.1000. The predicted octanol–water partition coefficient (Wildman–Crippen LogP) is 1.71. The second-order valence-electron chi connectivity index (χ2n) is 5.57. The predicted molar refractivity (Wildman–Crippen MR) is 80.6 cm³/mol. The molecule has 0 saturated carbocycles. The first-order valence-corrected chi connectivity index (χ1v) is 7.25. The van der Waals surface area contributed by atoms with Crippen LogP contribution in [0.2, 0.25) is 0 Å². The number of oxazole rings is 1. The summed E-state index contributed by atoms with van der Waals surface area (Å²) in [4.78, 5) is 17.5. The second-order valence-corrected chi connectivity index (χ2v) is 5.57. The van der Waals surface area contributed by atoms with Gasteiger partial charge in [-0.15, -0.1) is 0 Å². The van der Waals surface area contributed by atoms with E-state index >= 15 is 0 Å². The van der Waals surface area contributed by atoms with Gasteiger partial charge in [-0.2, -0.15) is 10.1 Å². The molecule has 23 heavy (non-hydrogen) atoms. The van der Waals surface area contributed by atoms with Crippen LogP contribution in [0.25, 0.3) is 11.1 Å². The number of carbonyl (C=O) groups is 1. The molecule has 3 aromatic rings. The Hall–Kier alpha value is -2.90. The highest BCUT2D eigenvalue weighted by Gasteiger charge is 2.28. The Labute approximate surface area is 130 Å². The largest absolute Gasteiger partial charge is 0.423 e. The first kappa shape index (κ1) is 13.7. The van der Waals surface area contributed by atoms with Gasteiger partial charge < -0.3 is 15.1 Å². The summed E-state index contributed by atoms with van der Waals surface area (Å²) in [5, 5.41) is 4.19. The van der Waals surface area contributed by atoms with Gasteiger partial charge in [0.25, 0.3) is 11.9 Å². The van der Waals surface area contributed by atoms with Crippen LogP contribution in [0.5, 0.6) is 0 Å². The van der Waals surface area contributed by atoms with Crippen LogP contribution in [0, 0.1) is 5.82 Å². The van der Waals surface area contributed by atoms with Gasteiger partial charge in [0.1, 0.15) is 11.3 Å². The SMILES string of the molecule is NC(=O)c1cnn(C2CCN(c3nc4cc(F)ccc4o3)C2)c1. The van der Waals surface area contributed by atoms with E-state index in [0.29, 0.717) is 29.2 Å². The van der Waals surface area contributed by atoms with E-state index in [0.717, 1.165) is 13.0 Å². The fourth-order valence-corrected chi connectivity index (χ4v) is 2.82. The van der Waals surface area contributed by atoms with Gasteiger partial charge in [-0.3, -0.25) is 9.48 Å². The third-order valence-electron chi connectivity index (χ3n) is 4.03. The van der Waals surface area contributed by atoms with E-state index in [1.807, 2.05) is 4.90 Å². The van der Waals surface area contributed by atoms with Crippen LogP contribution in [0.1, 0.15) is 22.8 Å². The molecule has 2 N–H and O–H groups in total. The Bertz CT molecular complexity index is 887. The number of carbonyl (C=O) groups excluding carboxylic acids is 1. The summed E-state index contributed by atoms with van der Waals surface area (Å²) >= 11 is 0. The van der Waals surface area contributed by atoms with Crippen LogP contribution in [-0.4, -0.2) is 33.8 Å². The highest BCUT2D eigenvalue weighted by atomic mass is 19.1. The molecule has 1 unspecified atom stereocenters. The molecular weight excluding hydrogens is 301 g/mol. The molecule has 1 aromatic carbocycles. The highest BCUT2D eigenvalue weighted by Crippen LogP contribution is 2.29. The zero-order chi connectivity index (χ0) is 16.0. The number of benzene rings is 1. The molecule has 2 aromatic heterocycles. The Balaban J connectivity index is 1.55. The summed E-state index contributed by atoms with van der Waals surface area (Å²) in [6.07, 6.45) is 3.96. The van der Waals surface area contributed by atoms with Crippen molar-refractivity contribution in [3.05, 3.63) is 42.0 Å². The first-order valence-electron chi connectivity index (χ1n) is 7.25. The topological polar surface area (TPSA) is 90.2 Å². The minimum absolute atomic E-state index is 0.106. The van der Waals surface area contributed by atoms with Crippen molar-refractivity contribution in [2.24, 2.45) is 5.73 Å². The van der Waals surface area contributed by atoms with Gasteiger partial charge in [0.05, 0.1) is 17.8 Å². The molecular formula is C15H14FN5O2. The molecule has 8 heteroatoms. The van der Waals surface area contributed by atoms with Crippen LogP contribution in [-0.2, 0) is 0 Å². The average Bonchev–Trinajstić information content (AvgIpc) is 3.24. The molecule has 1 amide bonds. The summed E-state index contributed by atoms with van der Waals surface area (Å²) in [5.74, 6) is -0.834. The monoisotopic (exact) mass is 315 g/mol. The molecule has 118 valence electrons.